The molecular weight excluding hydrogens is 298 g/mol. The molecule has 0 saturated heterocycles. The fourth-order valence-corrected chi connectivity index (χ4v) is 1.49. The highest BCUT2D eigenvalue weighted by molar-refractivity contribution is 5.97. The van der Waals surface area contributed by atoms with Crippen LogP contribution in [0.1, 0.15) is 6.42 Å². The molecule has 5 N–H and O–H groups in total. The zero-order chi connectivity index (χ0) is 17.3. The smallest absolute Gasteiger partial charge is 0.332 e. The summed E-state index contributed by atoms with van der Waals surface area (Å²) in [6, 6.07) is -3.19. The minimum absolute atomic E-state index is 0.0438. The van der Waals surface area contributed by atoms with Crippen LogP contribution in [0.5, 0.6) is 0 Å². The van der Waals surface area contributed by atoms with E-state index in [4.69, 9.17) is 21.1 Å². The van der Waals surface area contributed by atoms with Gasteiger partial charge in [0.1, 0.15) is 6.04 Å². The fraction of sp³-hybridized carbons (Fsp3) is 0.500. The van der Waals surface area contributed by atoms with E-state index in [9.17, 15) is 19.2 Å². The molecule has 0 aromatic carbocycles. The van der Waals surface area contributed by atoms with Gasteiger partial charge in [0.25, 0.3) is 0 Å². The topological polar surface area (TPSA) is 168 Å². The summed E-state index contributed by atoms with van der Waals surface area (Å²) in [5.41, 5.74) is 7.24. The molecule has 0 aliphatic rings. The van der Waals surface area contributed by atoms with Gasteiger partial charge in [0.15, 0.2) is 0 Å². The molecule has 0 spiro atoms. The van der Waals surface area contributed by atoms with Crippen LogP contribution in [0, 0.1) is 0 Å². The molecule has 0 aromatic heterocycles. The molecular formula is C12H18N3O7. The van der Waals surface area contributed by atoms with Gasteiger partial charge in [0.05, 0.1) is 0 Å². The minimum Gasteiger partial charge on any atom is -0.480 e. The van der Waals surface area contributed by atoms with Gasteiger partial charge in [0.2, 0.25) is 11.9 Å². The van der Waals surface area contributed by atoms with Crippen molar-refractivity contribution in [2.45, 2.75) is 18.5 Å². The van der Waals surface area contributed by atoms with Crippen molar-refractivity contribution in [2.24, 2.45) is 0 Å². The normalized spacial score (nSPS) is 11.7. The lowest BCUT2D eigenvalue weighted by Gasteiger charge is -2.22. The molecule has 123 valence electrons. The summed E-state index contributed by atoms with van der Waals surface area (Å²) in [7, 11) is 0. The van der Waals surface area contributed by atoms with E-state index in [2.05, 4.69) is 11.9 Å². The molecule has 0 aliphatic carbocycles. The summed E-state index contributed by atoms with van der Waals surface area (Å²) in [6.07, 6.45) is 0.877. The van der Waals surface area contributed by atoms with Crippen molar-refractivity contribution in [1.82, 2.24) is 16.0 Å². The number of nitrogens with one attached hydrogen (secondary N) is 2. The van der Waals surface area contributed by atoms with Crippen LogP contribution >= 0.6 is 0 Å². The monoisotopic (exact) mass is 316 g/mol. The van der Waals surface area contributed by atoms with Crippen molar-refractivity contribution in [3.63, 3.8) is 0 Å². The molecule has 0 rings (SSSR count). The van der Waals surface area contributed by atoms with Gasteiger partial charge in [-0.2, -0.15) is 0 Å². The maximum Gasteiger partial charge on any atom is 0.332 e. The molecule has 1 amide bonds. The minimum atomic E-state index is -1.80. The molecule has 0 bridgehead atoms. The zero-order valence-corrected chi connectivity index (χ0v) is 11.7. The van der Waals surface area contributed by atoms with Gasteiger partial charge in [-0.1, -0.05) is 6.58 Å². The highest BCUT2D eigenvalue weighted by Crippen LogP contribution is 1.98. The lowest BCUT2D eigenvalue weighted by atomic mass is 10.2. The zero-order valence-electron chi connectivity index (χ0n) is 11.7. The number of carboxylic acid groups (broad SMARTS) is 3. The van der Waals surface area contributed by atoms with Crippen LogP contribution in [0.2, 0.25) is 0 Å². The first-order valence-electron chi connectivity index (χ1n) is 6.25. The number of rotatable bonds is 11. The van der Waals surface area contributed by atoms with Crippen LogP contribution in [0.3, 0.4) is 0 Å². The summed E-state index contributed by atoms with van der Waals surface area (Å²) in [5.74, 6) is -4.97. The SMILES string of the molecule is C=CC(=O)N(CCNC(C(=O)O)C(=O)O)CCC([NH])C(=O)O. The van der Waals surface area contributed by atoms with Crippen molar-refractivity contribution in [2.75, 3.05) is 19.6 Å². The Labute approximate surface area is 126 Å². The van der Waals surface area contributed by atoms with Gasteiger partial charge in [-0.25, -0.2) is 15.3 Å². The Hall–Kier alpha value is -2.46. The summed E-state index contributed by atoms with van der Waals surface area (Å²) in [6.45, 7) is 3.06. The lowest BCUT2D eigenvalue weighted by molar-refractivity contribution is -0.151. The average Bonchev–Trinajstić information content (AvgIpc) is 2.44. The summed E-state index contributed by atoms with van der Waals surface area (Å²) < 4.78 is 0. The van der Waals surface area contributed by atoms with Crippen molar-refractivity contribution < 1.29 is 34.5 Å². The van der Waals surface area contributed by atoms with E-state index in [1.807, 2.05) is 0 Å². The number of hydrogen-bond acceptors (Lipinski definition) is 5. The predicted octanol–water partition coefficient (Wildman–Crippen LogP) is -1.75. The van der Waals surface area contributed by atoms with E-state index in [0.29, 0.717) is 0 Å². The maximum atomic E-state index is 11.6. The van der Waals surface area contributed by atoms with E-state index in [1.165, 1.54) is 0 Å². The van der Waals surface area contributed by atoms with Gasteiger partial charge in [-0.3, -0.25) is 14.9 Å². The van der Waals surface area contributed by atoms with E-state index in [0.717, 1.165) is 11.0 Å². The Balaban J connectivity index is 4.51. The lowest BCUT2D eigenvalue weighted by Crippen LogP contribution is -2.47. The molecule has 0 aromatic rings. The van der Waals surface area contributed by atoms with Gasteiger partial charge < -0.3 is 20.2 Å². The van der Waals surface area contributed by atoms with E-state index < -0.39 is 35.9 Å². The quantitative estimate of drug-likeness (QED) is 0.257. The number of carbonyl (C=O) groups excluding carboxylic acids is 1. The van der Waals surface area contributed by atoms with Crippen molar-refractivity contribution >= 4 is 23.8 Å². The van der Waals surface area contributed by atoms with Gasteiger partial charge in [-0.15, -0.1) is 0 Å². The molecule has 0 saturated carbocycles. The van der Waals surface area contributed by atoms with Crippen LogP contribution < -0.4 is 11.1 Å². The maximum absolute atomic E-state index is 11.6. The highest BCUT2D eigenvalue weighted by atomic mass is 16.4. The van der Waals surface area contributed by atoms with E-state index in [1.54, 1.807) is 0 Å². The largest absolute Gasteiger partial charge is 0.480 e. The third kappa shape index (κ3) is 6.81. The number of aliphatic carboxylic acids is 3. The Bertz CT molecular complexity index is 438. The second-order valence-electron chi connectivity index (χ2n) is 4.27. The van der Waals surface area contributed by atoms with Crippen LogP contribution in [0.25, 0.3) is 0 Å². The molecule has 0 aliphatic heterocycles. The number of hydrogen-bond donors (Lipinski definition) is 4. The van der Waals surface area contributed by atoms with Crippen LogP contribution in [0.15, 0.2) is 12.7 Å². The summed E-state index contributed by atoms with van der Waals surface area (Å²) in [4.78, 5) is 44.6. The van der Waals surface area contributed by atoms with Crippen LogP contribution in [0.4, 0.5) is 0 Å². The Morgan fingerprint density at radius 3 is 2.05 bits per heavy atom. The van der Waals surface area contributed by atoms with Crippen molar-refractivity contribution in [3.8, 4) is 0 Å². The first-order valence-corrected chi connectivity index (χ1v) is 6.25. The van der Waals surface area contributed by atoms with E-state index >= 15 is 0 Å². The fourth-order valence-electron chi connectivity index (χ4n) is 1.49. The van der Waals surface area contributed by atoms with Gasteiger partial charge in [0, 0.05) is 19.6 Å². The highest BCUT2D eigenvalue weighted by Gasteiger charge is 2.25. The molecule has 1 radical (unpaired) electrons. The van der Waals surface area contributed by atoms with E-state index in [-0.39, 0.29) is 26.1 Å². The third-order valence-electron chi connectivity index (χ3n) is 2.70. The van der Waals surface area contributed by atoms with Crippen LogP contribution in [-0.2, 0) is 19.2 Å². The Morgan fingerprint density at radius 2 is 1.64 bits per heavy atom. The van der Waals surface area contributed by atoms with Crippen LogP contribution in [-0.4, -0.2) is 75.8 Å². The second kappa shape index (κ2) is 9.47. The molecule has 22 heavy (non-hydrogen) atoms. The second-order valence-corrected chi connectivity index (χ2v) is 4.27. The molecule has 0 heterocycles. The number of carbonyl (C=O) groups is 4. The third-order valence-corrected chi connectivity index (χ3v) is 2.70. The predicted molar refractivity (Wildman–Crippen MR) is 73.0 cm³/mol. The molecule has 1 atom stereocenters. The number of amides is 1. The number of nitrogens with zero attached hydrogens (tertiary/aromatic N) is 1. The van der Waals surface area contributed by atoms with Crippen molar-refractivity contribution in [1.29, 1.82) is 0 Å². The Kier molecular flexibility index (Phi) is 8.41. The van der Waals surface area contributed by atoms with Gasteiger partial charge >= 0.3 is 17.9 Å². The summed E-state index contributed by atoms with van der Waals surface area (Å²) in [5, 5.41) is 28.2. The number of carboxylic acids is 3. The first kappa shape index (κ1) is 19.5. The molecule has 1 unspecified atom stereocenters. The standard InChI is InChI=1S/C12H18N3O7/c1-2-8(16)15(5-3-7(13)10(17)18)6-4-14-9(11(19)20)12(21)22/h2,7,9,13-14H,1,3-6H2,(H,17,18)(H,19,20)(H,21,22). The average molecular weight is 316 g/mol. The first-order chi connectivity index (χ1) is 10.2. The van der Waals surface area contributed by atoms with Crippen molar-refractivity contribution in [3.05, 3.63) is 12.7 Å². The molecule has 10 heteroatoms. The molecule has 10 nitrogen and oxygen atoms in total. The molecule has 0 fully saturated rings. The Morgan fingerprint density at radius 1 is 1.09 bits per heavy atom. The summed E-state index contributed by atoms with van der Waals surface area (Å²) >= 11 is 0. The van der Waals surface area contributed by atoms with Gasteiger partial charge in [-0.05, 0) is 12.5 Å².